The van der Waals surface area contributed by atoms with Crippen molar-refractivity contribution < 1.29 is 0 Å². The largest absolute Gasteiger partial charge is 0.367 e. The third kappa shape index (κ3) is 2.99. The van der Waals surface area contributed by atoms with Gasteiger partial charge in [0.05, 0.1) is 0 Å². The van der Waals surface area contributed by atoms with Gasteiger partial charge in [0.25, 0.3) is 0 Å². The number of halogens is 1. The molecule has 0 spiro atoms. The number of likely N-dealkylation sites (tertiary alicyclic amines) is 1. The van der Waals surface area contributed by atoms with Crippen LogP contribution < -0.4 is 5.32 Å². The van der Waals surface area contributed by atoms with Crippen LogP contribution in [0.25, 0.3) is 21.9 Å². The average Bonchev–Trinajstić information content (AvgIpc) is 2.95. The van der Waals surface area contributed by atoms with Gasteiger partial charge in [-0.05, 0) is 44.1 Å². The second-order valence-corrected chi connectivity index (χ2v) is 6.53. The summed E-state index contributed by atoms with van der Waals surface area (Å²) < 4.78 is 0. The van der Waals surface area contributed by atoms with Crippen LogP contribution in [-0.4, -0.2) is 46.0 Å². The minimum atomic E-state index is 0.719. The molecule has 3 aromatic rings. The molecule has 0 saturated carbocycles. The van der Waals surface area contributed by atoms with Gasteiger partial charge in [0, 0.05) is 29.0 Å². The highest BCUT2D eigenvalue weighted by molar-refractivity contribution is 6.31. The summed E-state index contributed by atoms with van der Waals surface area (Å²) in [5, 5.41) is 5.21. The van der Waals surface area contributed by atoms with Crippen molar-refractivity contribution in [2.75, 3.05) is 31.5 Å². The van der Waals surface area contributed by atoms with Crippen LogP contribution in [0.3, 0.4) is 0 Å². The summed E-state index contributed by atoms with van der Waals surface area (Å²) in [5.74, 6) is 0.860. The number of fused-ring (bicyclic) bond motifs is 3. The van der Waals surface area contributed by atoms with Gasteiger partial charge in [0.15, 0.2) is 5.82 Å². The Labute approximate surface area is 140 Å². The van der Waals surface area contributed by atoms with Gasteiger partial charge in [-0.2, -0.15) is 0 Å². The Morgan fingerprint density at radius 3 is 2.91 bits per heavy atom. The Bertz CT molecular complexity index is 822. The highest BCUT2D eigenvalue weighted by atomic mass is 35.5. The lowest BCUT2D eigenvalue weighted by atomic mass is 10.1. The van der Waals surface area contributed by atoms with Gasteiger partial charge in [-0.1, -0.05) is 18.0 Å². The summed E-state index contributed by atoms with van der Waals surface area (Å²) in [5.41, 5.74) is 2.89. The van der Waals surface area contributed by atoms with Crippen LogP contribution in [0.5, 0.6) is 0 Å². The molecule has 3 heterocycles. The first-order chi connectivity index (χ1) is 11.3. The SMILES string of the molecule is Clc1ccc2[nH]c3c(NCCN4CCCCC4)ncnc3c2c1. The third-order valence-electron chi connectivity index (χ3n) is 4.51. The molecule has 0 radical (unpaired) electrons. The molecule has 1 aliphatic rings. The van der Waals surface area contributed by atoms with Gasteiger partial charge in [-0.15, -0.1) is 0 Å². The van der Waals surface area contributed by atoms with Gasteiger partial charge < -0.3 is 15.2 Å². The number of nitrogens with zero attached hydrogens (tertiary/aromatic N) is 3. The number of aromatic nitrogens is 3. The zero-order valence-corrected chi connectivity index (χ0v) is 13.7. The Balaban J connectivity index is 1.56. The van der Waals surface area contributed by atoms with E-state index in [2.05, 4.69) is 25.2 Å². The molecule has 0 atom stereocenters. The van der Waals surface area contributed by atoms with Gasteiger partial charge in [-0.3, -0.25) is 0 Å². The molecule has 120 valence electrons. The lowest BCUT2D eigenvalue weighted by Gasteiger charge is -2.26. The van der Waals surface area contributed by atoms with E-state index in [1.54, 1.807) is 6.33 Å². The smallest absolute Gasteiger partial charge is 0.153 e. The van der Waals surface area contributed by atoms with Crippen molar-refractivity contribution in [2.45, 2.75) is 19.3 Å². The van der Waals surface area contributed by atoms with E-state index in [4.69, 9.17) is 11.6 Å². The zero-order valence-electron chi connectivity index (χ0n) is 13.0. The molecule has 1 fully saturated rings. The van der Waals surface area contributed by atoms with Gasteiger partial charge in [-0.25, -0.2) is 9.97 Å². The fourth-order valence-electron chi connectivity index (χ4n) is 3.31. The first-order valence-electron chi connectivity index (χ1n) is 8.19. The number of aromatic amines is 1. The maximum Gasteiger partial charge on any atom is 0.153 e. The predicted molar refractivity (Wildman–Crippen MR) is 95.2 cm³/mol. The Hall–Kier alpha value is -1.85. The minimum absolute atomic E-state index is 0.719. The normalized spacial score (nSPS) is 16.2. The van der Waals surface area contributed by atoms with E-state index in [1.165, 1.54) is 32.4 Å². The number of hydrogen-bond acceptors (Lipinski definition) is 4. The second-order valence-electron chi connectivity index (χ2n) is 6.09. The Kier molecular flexibility index (Phi) is 4.06. The first-order valence-corrected chi connectivity index (χ1v) is 8.57. The fourth-order valence-corrected chi connectivity index (χ4v) is 3.49. The molecule has 2 N–H and O–H groups in total. The molecule has 5 nitrogen and oxygen atoms in total. The molecule has 1 aromatic carbocycles. The number of benzene rings is 1. The van der Waals surface area contributed by atoms with E-state index in [-0.39, 0.29) is 0 Å². The maximum absolute atomic E-state index is 6.11. The molecule has 0 unspecified atom stereocenters. The van der Waals surface area contributed by atoms with Crippen LogP contribution in [0.1, 0.15) is 19.3 Å². The van der Waals surface area contributed by atoms with E-state index in [0.29, 0.717) is 0 Å². The molecule has 0 bridgehead atoms. The van der Waals surface area contributed by atoms with E-state index < -0.39 is 0 Å². The highest BCUT2D eigenvalue weighted by Crippen LogP contribution is 2.29. The third-order valence-corrected chi connectivity index (χ3v) is 4.75. The van der Waals surface area contributed by atoms with Crippen molar-refractivity contribution >= 4 is 39.4 Å². The number of hydrogen-bond donors (Lipinski definition) is 2. The number of piperidine rings is 1. The van der Waals surface area contributed by atoms with Crippen LogP contribution in [0.15, 0.2) is 24.5 Å². The topological polar surface area (TPSA) is 56.8 Å². The molecule has 0 aliphatic carbocycles. The number of rotatable bonds is 4. The predicted octanol–water partition coefficient (Wildman–Crippen LogP) is 3.66. The van der Waals surface area contributed by atoms with Crippen molar-refractivity contribution in [3.8, 4) is 0 Å². The molecule has 2 aromatic heterocycles. The van der Waals surface area contributed by atoms with Gasteiger partial charge in [0.2, 0.25) is 0 Å². The molecule has 1 aliphatic heterocycles. The average molecular weight is 330 g/mol. The lowest BCUT2D eigenvalue weighted by molar-refractivity contribution is 0.237. The maximum atomic E-state index is 6.11. The van der Waals surface area contributed by atoms with Crippen molar-refractivity contribution in [3.63, 3.8) is 0 Å². The summed E-state index contributed by atoms with van der Waals surface area (Å²) >= 11 is 6.11. The van der Waals surface area contributed by atoms with Crippen molar-refractivity contribution in [1.82, 2.24) is 19.9 Å². The van der Waals surface area contributed by atoms with E-state index in [1.807, 2.05) is 18.2 Å². The van der Waals surface area contributed by atoms with Gasteiger partial charge >= 0.3 is 0 Å². The lowest BCUT2D eigenvalue weighted by Crippen LogP contribution is -2.33. The van der Waals surface area contributed by atoms with Crippen LogP contribution in [0.2, 0.25) is 5.02 Å². The summed E-state index contributed by atoms with van der Waals surface area (Å²) in [6.07, 6.45) is 5.62. The minimum Gasteiger partial charge on any atom is -0.367 e. The van der Waals surface area contributed by atoms with E-state index in [0.717, 1.165) is 45.9 Å². The van der Waals surface area contributed by atoms with Gasteiger partial charge in [0.1, 0.15) is 17.4 Å². The summed E-state index contributed by atoms with van der Waals surface area (Å²) in [7, 11) is 0. The van der Waals surface area contributed by atoms with E-state index >= 15 is 0 Å². The first kappa shape index (κ1) is 14.7. The highest BCUT2D eigenvalue weighted by Gasteiger charge is 2.12. The van der Waals surface area contributed by atoms with Crippen molar-refractivity contribution in [1.29, 1.82) is 0 Å². The summed E-state index contributed by atoms with van der Waals surface area (Å²) in [6, 6.07) is 5.81. The van der Waals surface area contributed by atoms with E-state index in [9.17, 15) is 0 Å². The molecule has 0 amide bonds. The van der Waals surface area contributed by atoms with Crippen molar-refractivity contribution in [3.05, 3.63) is 29.5 Å². The summed E-state index contributed by atoms with van der Waals surface area (Å²) in [4.78, 5) is 14.7. The zero-order chi connectivity index (χ0) is 15.6. The Morgan fingerprint density at radius 2 is 2.04 bits per heavy atom. The number of nitrogens with one attached hydrogen (secondary N) is 2. The van der Waals surface area contributed by atoms with Crippen LogP contribution >= 0.6 is 11.6 Å². The molecule has 4 rings (SSSR count). The monoisotopic (exact) mass is 329 g/mol. The molecule has 6 heteroatoms. The van der Waals surface area contributed by atoms with Crippen LogP contribution in [-0.2, 0) is 0 Å². The molecular weight excluding hydrogens is 310 g/mol. The second kappa shape index (κ2) is 6.34. The quantitative estimate of drug-likeness (QED) is 0.767. The summed E-state index contributed by atoms with van der Waals surface area (Å²) in [6.45, 7) is 4.37. The van der Waals surface area contributed by atoms with Crippen molar-refractivity contribution in [2.24, 2.45) is 0 Å². The van der Waals surface area contributed by atoms with Crippen LogP contribution in [0, 0.1) is 0 Å². The van der Waals surface area contributed by atoms with Crippen LogP contribution in [0.4, 0.5) is 5.82 Å². The Morgan fingerprint density at radius 1 is 1.17 bits per heavy atom. The fraction of sp³-hybridized carbons (Fsp3) is 0.412. The molecular formula is C17H20ClN5. The number of anilines is 1. The molecule has 1 saturated heterocycles. The molecule has 23 heavy (non-hydrogen) atoms. The standard InChI is InChI=1S/C17H20ClN5/c18-12-4-5-14-13(10-12)15-16(22-14)17(21-11-20-15)19-6-9-23-7-2-1-3-8-23/h4-5,10-11,22H,1-3,6-9H2,(H,19,20,21). The number of H-pyrrole nitrogens is 1.